The molecule has 4 rings (SSSR count). The SMILES string of the molecule is O=C(Nc1nc2ccccc2s1)c1ccccc1Oc1ccc([N+](=O)[O-])cc1. The summed E-state index contributed by atoms with van der Waals surface area (Å²) < 4.78 is 6.74. The molecule has 1 N–H and O–H groups in total. The van der Waals surface area contributed by atoms with Crippen LogP contribution in [0.25, 0.3) is 10.2 Å². The monoisotopic (exact) mass is 391 g/mol. The summed E-state index contributed by atoms with van der Waals surface area (Å²) in [5.74, 6) is 0.386. The van der Waals surface area contributed by atoms with Gasteiger partial charge < -0.3 is 4.74 Å². The van der Waals surface area contributed by atoms with Gasteiger partial charge in [-0.2, -0.15) is 0 Å². The second kappa shape index (κ2) is 7.45. The second-order valence-corrected chi connectivity index (χ2v) is 6.82. The smallest absolute Gasteiger partial charge is 0.269 e. The molecule has 0 atom stereocenters. The van der Waals surface area contributed by atoms with Crippen LogP contribution in [-0.4, -0.2) is 15.8 Å². The number of carbonyl (C=O) groups is 1. The maximum Gasteiger partial charge on any atom is 0.269 e. The average molecular weight is 391 g/mol. The van der Waals surface area contributed by atoms with Gasteiger partial charge >= 0.3 is 0 Å². The van der Waals surface area contributed by atoms with Crippen molar-refractivity contribution in [3.05, 3.63) is 88.5 Å². The number of non-ortho nitro benzene ring substituents is 1. The van der Waals surface area contributed by atoms with Gasteiger partial charge in [0.1, 0.15) is 11.5 Å². The van der Waals surface area contributed by atoms with Crippen molar-refractivity contribution in [2.45, 2.75) is 0 Å². The van der Waals surface area contributed by atoms with Gasteiger partial charge in [0.15, 0.2) is 5.13 Å². The zero-order chi connectivity index (χ0) is 19.5. The first-order valence-electron chi connectivity index (χ1n) is 8.28. The van der Waals surface area contributed by atoms with Crippen LogP contribution in [0.1, 0.15) is 10.4 Å². The summed E-state index contributed by atoms with van der Waals surface area (Å²) in [5.41, 5.74) is 1.12. The van der Waals surface area contributed by atoms with Crippen molar-refractivity contribution in [3.8, 4) is 11.5 Å². The zero-order valence-corrected chi connectivity index (χ0v) is 15.2. The van der Waals surface area contributed by atoms with Crippen LogP contribution in [-0.2, 0) is 0 Å². The third kappa shape index (κ3) is 3.67. The van der Waals surface area contributed by atoms with Gasteiger partial charge in [0, 0.05) is 12.1 Å². The molecular formula is C20H13N3O4S. The number of aromatic nitrogens is 1. The Labute approximate surface area is 163 Å². The molecule has 0 unspecified atom stereocenters. The topological polar surface area (TPSA) is 94.4 Å². The van der Waals surface area contributed by atoms with Gasteiger partial charge in [-0.25, -0.2) is 4.98 Å². The fraction of sp³-hybridized carbons (Fsp3) is 0. The highest BCUT2D eigenvalue weighted by atomic mass is 32.1. The fourth-order valence-electron chi connectivity index (χ4n) is 2.60. The molecule has 0 radical (unpaired) electrons. The van der Waals surface area contributed by atoms with Gasteiger partial charge in [-0.3, -0.25) is 20.2 Å². The Balaban J connectivity index is 1.56. The molecule has 1 heterocycles. The number of benzene rings is 3. The van der Waals surface area contributed by atoms with Gasteiger partial charge in [-0.15, -0.1) is 0 Å². The Hall–Kier alpha value is -3.78. The Bertz CT molecular complexity index is 1140. The Morgan fingerprint density at radius 3 is 2.46 bits per heavy atom. The molecule has 0 aliphatic carbocycles. The number of ether oxygens (including phenoxy) is 1. The van der Waals surface area contributed by atoms with Crippen molar-refractivity contribution in [1.82, 2.24) is 4.98 Å². The maximum atomic E-state index is 12.7. The van der Waals surface area contributed by atoms with Crippen LogP contribution < -0.4 is 10.1 Å². The predicted molar refractivity (Wildman–Crippen MR) is 107 cm³/mol. The second-order valence-electron chi connectivity index (χ2n) is 5.79. The number of nitro groups is 1. The average Bonchev–Trinajstić information content (AvgIpc) is 3.11. The molecular weight excluding hydrogens is 378 g/mol. The third-order valence-electron chi connectivity index (χ3n) is 3.92. The highest BCUT2D eigenvalue weighted by Crippen LogP contribution is 2.29. The summed E-state index contributed by atoms with van der Waals surface area (Å²) in [6.07, 6.45) is 0. The first kappa shape index (κ1) is 17.6. The number of nitro benzene ring substituents is 1. The maximum absolute atomic E-state index is 12.7. The molecule has 3 aromatic carbocycles. The van der Waals surface area contributed by atoms with Gasteiger partial charge in [-0.05, 0) is 36.4 Å². The molecule has 0 aliphatic rings. The first-order valence-corrected chi connectivity index (χ1v) is 9.10. The largest absolute Gasteiger partial charge is 0.457 e. The molecule has 8 heteroatoms. The summed E-state index contributed by atoms with van der Waals surface area (Å²) >= 11 is 1.39. The van der Waals surface area contributed by atoms with Crippen molar-refractivity contribution in [2.24, 2.45) is 0 Å². The molecule has 0 fully saturated rings. The van der Waals surface area contributed by atoms with Crippen molar-refractivity contribution < 1.29 is 14.5 Å². The normalized spacial score (nSPS) is 10.6. The van der Waals surface area contributed by atoms with E-state index in [1.54, 1.807) is 24.3 Å². The molecule has 0 aliphatic heterocycles. The molecule has 7 nitrogen and oxygen atoms in total. The summed E-state index contributed by atoms with van der Waals surface area (Å²) in [7, 11) is 0. The van der Waals surface area contributed by atoms with E-state index in [-0.39, 0.29) is 11.6 Å². The number of nitrogens with one attached hydrogen (secondary N) is 1. The molecule has 0 saturated carbocycles. The molecule has 0 spiro atoms. The minimum atomic E-state index is -0.483. The van der Waals surface area contributed by atoms with E-state index in [0.717, 1.165) is 10.2 Å². The number of carbonyl (C=O) groups excluding carboxylic acids is 1. The van der Waals surface area contributed by atoms with Crippen LogP contribution in [0.15, 0.2) is 72.8 Å². The van der Waals surface area contributed by atoms with Crippen molar-refractivity contribution in [2.75, 3.05) is 5.32 Å². The lowest BCUT2D eigenvalue weighted by molar-refractivity contribution is -0.384. The third-order valence-corrected chi connectivity index (χ3v) is 4.87. The minimum Gasteiger partial charge on any atom is -0.457 e. The lowest BCUT2D eigenvalue weighted by Crippen LogP contribution is -2.12. The molecule has 138 valence electrons. The Kier molecular flexibility index (Phi) is 4.69. The quantitative estimate of drug-likeness (QED) is 0.370. The van der Waals surface area contributed by atoms with E-state index >= 15 is 0 Å². The lowest BCUT2D eigenvalue weighted by atomic mass is 10.2. The van der Waals surface area contributed by atoms with E-state index in [9.17, 15) is 14.9 Å². The molecule has 0 saturated heterocycles. The highest BCUT2D eigenvalue weighted by Gasteiger charge is 2.15. The Morgan fingerprint density at radius 2 is 1.71 bits per heavy atom. The van der Waals surface area contributed by atoms with Crippen LogP contribution in [0.5, 0.6) is 11.5 Å². The molecule has 0 bridgehead atoms. The first-order chi connectivity index (χ1) is 13.6. The number of hydrogen-bond donors (Lipinski definition) is 1. The van der Waals surface area contributed by atoms with Gasteiger partial charge in [0.05, 0.1) is 20.7 Å². The van der Waals surface area contributed by atoms with Crippen LogP contribution in [0.3, 0.4) is 0 Å². The lowest BCUT2D eigenvalue weighted by Gasteiger charge is -2.10. The van der Waals surface area contributed by atoms with E-state index < -0.39 is 4.92 Å². The van der Waals surface area contributed by atoms with Crippen LogP contribution in [0.4, 0.5) is 10.8 Å². The van der Waals surface area contributed by atoms with E-state index in [1.165, 1.54) is 35.6 Å². The standard InChI is InChI=1S/C20H13N3O4S/c24-19(22-20-21-16-6-2-4-8-18(16)28-20)15-5-1-3-7-17(15)27-14-11-9-13(10-12-14)23(25)26/h1-12H,(H,21,22,24). The van der Waals surface area contributed by atoms with Crippen molar-refractivity contribution >= 4 is 38.3 Å². The predicted octanol–water partition coefficient (Wildman–Crippen LogP) is 5.25. The zero-order valence-electron chi connectivity index (χ0n) is 14.4. The summed E-state index contributed by atoms with van der Waals surface area (Å²) in [6.45, 7) is 0. The van der Waals surface area contributed by atoms with E-state index in [2.05, 4.69) is 10.3 Å². The number of thiazole rings is 1. The summed E-state index contributed by atoms with van der Waals surface area (Å²) in [4.78, 5) is 27.4. The number of para-hydroxylation sites is 2. The number of nitrogens with zero attached hydrogens (tertiary/aromatic N) is 2. The molecule has 28 heavy (non-hydrogen) atoms. The van der Waals surface area contributed by atoms with Gasteiger partial charge in [0.25, 0.3) is 11.6 Å². The Morgan fingerprint density at radius 1 is 1.00 bits per heavy atom. The van der Waals surface area contributed by atoms with Crippen LogP contribution in [0, 0.1) is 10.1 Å². The van der Waals surface area contributed by atoms with Crippen molar-refractivity contribution in [1.29, 1.82) is 0 Å². The van der Waals surface area contributed by atoms with E-state index in [1.807, 2.05) is 24.3 Å². The molecule has 4 aromatic rings. The van der Waals surface area contributed by atoms with Crippen molar-refractivity contribution in [3.63, 3.8) is 0 Å². The number of rotatable bonds is 5. The molecule has 1 aromatic heterocycles. The van der Waals surface area contributed by atoms with Crippen LogP contribution in [0.2, 0.25) is 0 Å². The highest BCUT2D eigenvalue weighted by molar-refractivity contribution is 7.22. The minimum absolute atomic E-state index is 0.0331. The number of hydrogen-bond acceptors (Lipinski definition) is 6. The number of anilines is 1. The number of fused-ring (bicyclic) bond motifs is 1. The summed E-state index contributed by atoms with van der Waals surface area (Å²) in [6, 6.07) is 20.1. The molecule has 1 amide bonds. The summed E-state index contributed by atoms with van der Waals surface area (Å²) in [5, 5.41) is 14.1. The van der Waals surface area contributed by atoms with Crippen LogP contribution >= 0.6 is 11.3 Å². The van der Waals surface area contributed by atoms with Gasteiger partial charge in [0.2, 0.25) is 0 Å². The van der Waals surface area contributed by atoms with E-state index in [0.29, 0.717) is 22.2 Å². The fourth-order valence-corrected chi connectivity index (χ4v) is 3.46. The van der Waals surface area contributed by atoms with E-state index in [4.69, 9.17) is 4.74 Å². The number of amides is 1. The van der Waals surface area contributed by atoms with Gasteiger partial charge in [-0.1, -0.05) is 35.6 Å².